The van der Waals surface area contributed by atoms with E-state index in [0.717, 1.165) is 24.3 Å². The average molecular weight is 324 g/mol. The number of hydrogen-bond donors (Lipinski definition) is 0. The van der Waals surface area contributed by atoms with E-state index in [2.05, 4.69) is 22.4 Å². The van der Waals surface area contributed by atoms with E-state index in [1.54, 1.807) is 18.3 Å². The Hall–Kier alpha value is -2.89. The molecule has 0 N–H and O–H groups in total. The molecule has 0 unspecified atom stereocenters. The van der Waals surface area contributed by atoms with Crippen molar-refractivity contribution in [2.24, 2.45) is 0 Å². The molecule has 0 fully saturated rings. The van der Waals surface area contributed by atoms with E-state index in [1.165, 1.54) is 10.2 Å². The maximum absolute atomic E-state index is 12.2. The fraction of sp³-hybridized carbons (Fsp3) is 0.278. The summed E-state index contributed by atoms with van der Waals surface area (Å²) in [6.45, 7) is 2.94. The van der Waals surface area contributed by atoms with Crippen LogP contribution in [-0.2, 0) is 13.0 Å². The van der Waals surface area contributed by atoms with Crippen molar-refractivity contribution in [2.75, 3.05) is 18.5 Å². The Morgan fingerprint density at radius 3 is 2.67 bits per heavy atom. The van der Waals surface area contributed by atoms with Crippen LogP contribution in [0.5, 0.6) is 0 Å². The fourth-order valence-corrected chi connectivity index (χ4v) is 2.46. The number of likely N-dealkylation sites (N-methyl/N-ethyl adjacent to an activating group) is 1. The van der Waals surface area contributed by atoms with E-state index in [0.29, 0.717) is 5.76 Å². The molecule has 1 aromatic carbocycles. The van der Waals surface area contributed by atoms with Crippen molar-refractivity contribution < 1.29 is 4.52 Å². The summed E-state index contributed by atoms with van der Waals surface area (Å²) < 4.78 is 6.50. The van der Waals surface area contributed by atoms with Gasteiger partial charge in [0.2, 0.25) is 0 Å². The molecule has 0 aliphatic heterocycles. The highest BCUT2D eigenvalue weighted by Gasteiger charge is 2.08. The SMILES string of the molecule is Cc1cc(Cn2ncc(N(C)CCc3ccccc3)cc2=O)on1. The standard InChI is InChI=1S/C18H20N4O2/c1-14-10-17(24-20-14)13-22-18(23)11-16(12-19-22)21(2)9-8-15-6-4-3-5-7-15/h3-7,10-12H,8-9,13H2,1-2H3. The zero-order valence-corrected chi connectivity index (χ0v) is 13.8. The molecule has 2 aromatic heterocycles. The monoisotopic (exact) mass is 324 g/mol. The lowest BCUT2D eigenvalue weighted by molar-refractivity contribution is 0.365. The number of nitrogens with zero attached hydrogens (tertiary/aromatic N) is 4. The van der Waals surface area contributed by atoms with E-state index >= 15 is 0 Å². The molecule has 0 spiro atoms. The number of benzene rings is 1. The minimum Gasteiger partial charge on any atom is -0.373 e. The van der Waals surface area contributed by atoms with Gasteiger partial charge in [-0.1, -0.05) is 35.5 Å². The third-order valence-corrected chi connectivity index (χ3v) is 3.86. The Bertz CT molecular complexity index is 855. The summed E-state index contributed by atoms with van der Waals surface area (Å²) in [5.41, 5.74) is 2.70. The molecular formula is C18H20N4O2. The summed E-state index contributed by atoms with van der Waals surface area (Å²) in [4.78, 5) is 14.3. The van der Waals surface area contributed by atoms with Crippen LogP contribution >= 0.6 is 0 Å². The normalized spacial score (nSPS) is 10.8. The molecule has 0 aliphatic rings. The van der Waals surface area contributed by atoms with Gasteiger partial charge in [0.1, 0.15) is 6.54 Å². The predicted molar refractivity (Wildman–Crippen MR) is 92.3 cm³/mol. The predicted octanol–water partition coefficient (Wildman–Crippen LogP) is 2.27. The second kappa shape index (κ2) is 7.12. The number of aromatic nitrogens is 3. The lowest BCUT2D eigenvalue weighted by atomic mass is 10.1. The van der Waals surface area contributed by atoms with Crippen LogP contribution < -0.4 is 10.5 Å². The maximum atomic E-state index is 12.2. The van der Waals surface area contributed by atoms with Crippen molar-refractivity contribution in [3.8, 4) is 0 Å². The molecule has 6 nitrogen and oxygen atoms in total. The van der Waals surface area contributed by atoms with E-state index in [4.69, 9.17) is 4.52 Å². The van der Waals surface area contributed by atoms with Gasteiger partial charge in [-0.25, -0.2) is 4.68 Å². The molecule has 6 heteroatoms. The van der Waals surface area contributed by atoms with Crippen molar-refractivity contribution in [3.63, 3.8) is 0 Å². The first-order chi connectivity index (χ1) is 11.6. The van der Waals surface area contributed by atoms with E-state index in [-0.39, 0.29) is 12.1 Å². The number of aryl methyl sites for hydroxylation is 1. The molecular weight excluding hydrogens is 304 g/mol. The van der Waals surface area contributed by atoms with Gasteiger partial charge in [0.05, 0.1) is 17.6 Å². The molecule has 0 amide bonds. The highest BCUT2D eigenvalue weighted by Crippen LogP contribution is 2.10. The molecule has 0 bridgehead atoms. The van der Waals surface area contributed by atoms with Crippen LogP contribution in [0.2, 0.25) is 0 Å². The summed E-state index contributed by atoms with van der Waals surface area (Å²) in [5.74, 6) is 0.618. The molecule has 2 heterocycles. The van der Waals surface area contributed by atoms with Crippen LogP contribution in [-0.4, -0.2) is 28.5 Å². The minimum absolute atomic E-state index is 0.159. The molecule has 0 radical (unpaired) electrons. The second-order valence-electron chi connectivity index (χ2n) is 5.80. The highest BCUT2D eigenvalue weighted by atomic mass is 16.5. The molecule has 3 rings (SSSR count). The molecule has 124 valence electrons. The van der Waals surface area contributed by atoms with Crippen LogP contribution in [0.15, 0.2) is 58.0 Å². The quantitative estimate of drug-likeness (QED) is 0.696. The maximum Gasteiger partial charge on any atom is 0.269 e. The lowest BCUT2D eigenvalue weighted by Crippen LogP contribution is -2.27. The van der Waals surface area contributed by atoms with E-state index in [1.807, 2.05) is 37.1 Å². The Labute approximate surface area is 140 Å². The largest absolute Gasteiger partial charge is 0.373 e. The van der Waals surface area contributed by atoms with Crippen molar-refractivity contribution in [1.82, 2.24) is 14.9 Å². The highest BCUT2D eigenvalue weighted by molar-refractivity contribution is 5.42. The summed E-state index contributed by atoms with van der Waals surface area (Å²) in [6.07, 6.45) is 2.62. The summed E-state index contributed by atoms with van der Waals surface area (Å²) in [6, 6.07) is 13.7. The topological polar surface area (TPSA) is 64.2 Å². The smallest absolute Gasteiger partial charge is 0.269 e. The Morgan fingerprint density at radius 1 is 1.21 bits per heavy atom. The zero-order valence-electron chi connectivity index (χ0n) is 13.8. The molecule has 0 aliphatic carbocycles. The number of rotatable bonds is 6. The van der Waals surface area contributed by atoms with Gasteiger partial charge in [-0.3, -0.25) is 4.79 Å². The van der Waals surface area contributed by atoms with Crippen LogP contribution in [0, 0.1) is 6.92 Å². The van der Waals surface area contributed by atoms with Gasteiger partial charge in [0.15, 0.2) is 5.76 Å². The van der Waals surface area contributed by atoms with Gasteiger partial charge in [-0.15, -0.1) is 0 Å². The van der Waals surface area contributed by atoms with Crippen LogP contribution in [0.25, 0.3) is 0 Å². The Morgan fingerprint density at radius 2 is 2.00 bits per heavy atom. The van der Waals surface area contributed by atoms with Crippen molar-refractivity contribution >= 4 is 5.69 Å². The van der Waals surface area contributed by atoms with Gasteiger partial charge in [-0.2, -0.15) is 5.10 Å². The lowest BCUT2D eigenvalue weighted by Gasteiger charge is -2.19. The van der Waals surface area contributed by atoms with Crippen molar-refractivity contribution in [3.05, 3.63) is 76.0 Å². The number of hydrogen-bond acceptors (Lipinski definition) is 5. The molecule has 0 atom stereocenters. The molecule has 0 saturated heterocycles. The third kappa shape index (κ3) is 3.90. The molecule has 3 aromatic rings. The van der Waals surface area contributed by atoms with Crippen molar-refractivity contribution in [1.29, 1.82) is 0 Å². The van der Waals surface area contributed by atoms with Gasteiger partial charge < -0.3 is 9.42 Å². The van der Waals surface area contributed by atoms with Crippen LogP contribution in [0.1, 0.15) is 17.0 Å². The summed E-state index contributed by atoms with van der Waals surface area (Å²) >= 11 is 0. The fourth-order valence-electron chi connectivity index (χ4n) is 2.46. The third-order valence-electron chi connectivity index (χ3n) is 3.86. The van der Waals surface area contributed by atoms with Gasteiger partial charge in [-0.05, 0) is 18.9 Å². The van der Waals surface area contributed by atoms with Gasteiger partial charge in [0.25, 0.3) is 5.56 Å². The van der Waals surface area contributed by atoms with Gasteiger partial charge in [0, 0.05) is 25.7 Å². The molecule has 0 saturated carbocycles. The first-order valence-electron chi connectivity index (χ1n) is 7.86. The first kappa shape index (κ1) is 16.0. The average Bonchev–Trinajstić information content (AvgIpc) is 3.00. The Kier molecular flexibility index (Phi) is 4.74. The van der Waals surface area contributed by atoms with Crippen LogP contribution in [0.4, 0.5) is 5.69 Å². The van der Waals surface area contributed by atoms with E-state index < -0.39 is 0 Å². The minimum atomic E-state index is -0.159. The molecule has 24 heavy (non-hydrogen) atoms. The van der Waals surface area contributed by atoms with Crippen molar-refractivity contribution in [2.45, 2.75) is 19.9 Å². The summed E-state index contributed by atoms with van der Waals surface area (Å²) in [5, 5.41) is 8.05. The second-order valence-corrected chi connectivity index (χ2v) is 5.80. The van der Waals surface area contributed by atoms with Gasteiger partial charge >= 0.3 is 0 Å². The van der Waals surface area contributed by atoms with Crippen LogP contribution in [0.3, 0.4) is 0 Å². The Balaban J connectivity index is 1.66. The zero-order chi connectivity index (χ0) is 16.9. The first-order valence-corrected chi connectivity index (χ1v) is 7.86. The summed E-state index contributed by atoms with van der Waals surface area (Å²) in [7, 11) is 1.96. The van der Waals surface area contributed by atoms with E-state index in [9.17, 15) is 4.79 Å². The number of anilines is 1.